The molecule has 0 amide bonds. The third-order valence-corrected chi connectivity index (χ3v) is 2.69. The third kappa shape index (κ3) is 1.80. The first kappa shape index (κ1) is 8.87. The molecule has 0 bridgehead atoms. The van der Waals surface area contributed by atoms with E-state index in [0.717, 1.165) is 15.4 Å². The van der Waals surface area contributed by atoms with Gasteiger partial charge in [-0.3, -0.25) is 0 Å². The molecule has 5 heteroatoms. The zero-order valence-electron chi connectivity index (χ0n) is 6.95. The maximum Gasteiger partial charge on any atom is 0.143 e. The normalized spacial score (nSPS) is 10.9. The summed E-state index contributed by atoms with van der Waals surface area (Å²) in [7, 11) is 1.65. The molecule has 2 aromatic heterocycles. The minimum Gasteiger partial charge on any atom is -0.378 e. The van der Waals surface area contributed by atoms with Crippen molar-refractivity contribution < 1.29 is 4.74 Å². The molecule has 68 valence electrons. The molecule has 0 saturated carbocycles. The van der Waals surface area contributed by atoms with Crippen LogP contribution >= 0.6 is 22.9 Å². The molecular formula is C8H7ClN2OS. The summed E-state index contributed by atoms with van der Waals surface area (Å²) in [5.41, 5.74) is 0.838. The molecule has 2 heterocycles. The maximum atomic E-state index is 5.78. The van der Waals surface area contributed by atoms with E-state index in [2.05, 4.69) is 9.97 Å². The lowest BCUT2D eigenvalue weighted by Gasteiger charge is -1.88. The van der Waals surface area contributed by atoms with E-state index in [9.17, 15) is 0 Å². The SMILES string of the molecule is COCc1nc2cc(Cl)cnc2s1. The van der Waals surface area contributed by atoms with Gasteiger partial charge < -0.3 is 4.74 Å². The Morgan fingerprint density at radius 3 is 3.23 bits per heavy atom. The number of fused-ring (bicyclic) bond motifs is 1. The Kier molecular flexibility index (Phi) is 2.44. The van der Waals surface area contributed by atoms with E-state index < -0.39 is 0 Å². The highest BCUT2D eigenvalue weighted by molar-refractivity contribution is 7.18. The lowest BCUT2D eigenvalue weighted by Crippen LogP contribution is -1.83. The number of hydrogen-bond donors (Lipinski definition) is 0. The Morgan fingerprint density at radius 2 is 2.46 bits per heavy atom. The van der Waals surface area contributed by atoms with Crippen LogP contribution in [0.5, 0.6) is 0 Å². The smallest absolute Gasteiger partial charge is 0.143 e. The van der Waals surface area contributed by atoms with E-state index in [4.69, 9.17) is 16.3 Å². The number of methoxy groups -OCH3 is 1. The van der Waals surface area contributed by atoms with Crippen LogP contribution in [0.4, 0.5) is 0 Å². The van der Waals surface area contributed by atoms with Crippen molar-refractivity contribution in [2.45, 2.75) is 6.61 Å². The van der Waals surface area contributed by atoms with E-state index in [1.54, 1.807) is 19.4 Å². The molecule has 0 fully saturated rings. The van der Waals surface area contributed by atoms with Gasteiger partial charge in [-0.1, -0.05) is 22.9 Å². The van der Waals surface area contributed by atoms with Crippen LogP contribution in [-0.2, 0) is 11.3 Å². The Labute approximate surface area is 84.3 Å². The minimum atomic E-state index is 0.526. The topological polar surface area (TPSA) is 35.0 Å². The summed E-state index contributed by atoms with van der Waals surface area (Å²) in [6.07, 6.45) is 1.62. The monoisotopic (exact) mass is 214 g/mol. The van der Waals surface area contributed by atoms with Gasteiger partial charge >= 0.3 is 0 Å². The molecule has 0 spiro atoms. The van der Waals surface area contributed by atoms with E-state index in [1.165, 1.54) is 11.3 Å². The highest BCUT2D eigenvalue weighted by atomic mass is 35.5. The van der Waals surface area contributed by atoms with Crippen molar-refractivity contribution in [3.63, 3.8) is 0 Å². The number of aromatic nitrogens is 2. The highest BCUT2D eigenvalue weighted by Gasteiger charge is 2.04. The second-order valence-corrected chi connectivity index (χ2v) is 4.02. The van der Waals surface area contributed by atoms with Gasteiger partial charge in [-0.15, -0.1) is 0 Å². The Bertz CT molecular complexity index is 429. The lowest BCUT2D eigenvalue weighted by molar-refractivity contribution is 0.184. The number of nitrogens with zero attached hydrogens (tertiary/aromatic N) is 2. The van der Waals surface area contributed by atoms with Crippen LogP contribution in [0.25, 0.3) is 10.3 Å². The summed E-state index contributed by atoms with van der Waals surface area (Å²) in [5.74, 6) is 0. The standard InChI is InChI=1S/C8H7ClN2OS/c1-12-4-7-11-6-2-5(9)3-10-8(6)13-7/h2-3H,4H2,1H3. The van der Waals surface area contributed by atoms with Gasteiger partial charge in [0.25, 0.3) is 0 Å². The molecule has 0 aromatic carbocycles. The minimum absolute atomic E-state index is 0.526. The Balaban J connectivity index is 2.49. The molecule has 0 aliphatic carbocycles. The fourth-order valence-corrected chi connectivity index (χ4v) is 2.04. The van der Waals surface area contributed by atoms with E-state index >= 15 is 0 Å². The second-order valence-electron chi connectivity index (χ2n) is 2.52. The Morgan fingerprint density at radius 1 is 1.62 bits per heavy atom. The van der Waals surface area contributed by atoms with Gasteiger partial charge in [-0.05, 0) is 6.07 Å². The summed E-state index contributed by atoms with van der Waals surface area (Å²) in [4.78, 5) is 9.36. The maximum absolute atomic E-state index is 5.78. The summed E-state index contributed by atoms with van der Waals surface area (Å²) < 4.78 is 4.97. The van der Waals surface area contributed by atoms with E-state index in [-0.39, 0.29) is 0 Å². The van der Waals surface area contributed by atoms with Crippen molar-refractivity contribution in [1.82, 2.24) is 9.97 Å². The third-order valence-electron chi connectivity index (χ3n) is 1.53. The summed E-state index contributed by atoms with van der Waals surface area (Å²) in [6, 6.07) is 1.81. The molecule has 3 nitrogen and oxygen atoms in total. The molecule has 0 saturated heterocycles. The molecule has 0 aliphatic heterocycles. The van der Waals surface area contributed by atoms with E-state index in [0.29, 0.717) is 11.6 Å². The zero-order chi connectivity index (χ0) is 9.26. The Hall–Kier alpha value is -0.710. The zero-order valence-corrected chi connectivity index (χ0v) is 8.52. The van der Waals surface area contributed by atoms with Crippen LogP contribution in [0.3, 0.4) is 0 Å². The van der Waals surface area contributed by atoms with Crippen LogP contribution in [-0.4, -0.2) is 17.1 Å². The summed E-state index contributed by atoms with van der Waals surface area (Å²) in [6.45, 7) is 0.526. The average Bonchev–Trinajstić information content (AvgIpc) is 2.46. The fraction of sp³-hybridized carbons (Fsp3) is 0.250. The van der Waals surface area contributed by atoms with Crippen LogP contribution < -0.4 is 0 Å². The van der Waals surface area contributed by atoms with Gasteiger partial charge in [-0.2, -0.15) is 0 Å². The second kappa shape index (κ2) is 3.57. The van der Waals surface area contributed by atoms with Crippen LogP contribution in [0.15, 0.2) is 12.3 Å². The fourth-order valence-electron chi connectivity index (χ4n) is 1.03. The van der Waals surface area contributed by atoms with Crippen LogP contribution in [0.2, 0.25) is 5.02 Å². The number of hydrogen-bond acceptors (Lipinski definition) is 4. The average molecular weight is 215 g/mol. The largest absolute Gasteiger partial charge is 0.378 e. The lowest BCUT2D eigenvalue weighted by atomic mass is 10.4. The molecule has 0 radical (unpaired) electrons. The predicted octanol–water partition coefficient (Wildman–Crippen LogP) is 2.49. The number of halogens is 1. The molecular weight excluding hydrogens is 208 g/mol. The first-order valence-corrected chi connectivity index (χ1v) is 4.89. The van der Waals surface area contributed by atoms with Crippen molar-refractivity contribution in [3.8, 4) is 0 Å². The molecule has 0 aliphatic rings. The van der Waals surface area contributed by atoms with Gasteiger partial charge in [0.1, 0.15) is 15.4 Å². The molecule has 0 unspecified atom stereocenters. The van der Waals surface area contributed by atoms with E-state index in [1.807, 2.05) is 0 Å². The summed E-state index contributed by atoms with van der Waals surface area (Å²) >= 11 is 7.30. The number of rotatable bonds is 2. The number of pyridine rings is 1. The molecule has 2 rings (SSSR count). The van der Waals surface area contributed by atoms with Crippen molar-refractivity contribution in [3.05, 3.63) is 22.3 Å². The van der Waals surface area contributed by atoms with Gasteiger partial charge in [0.15, 0.2) is 0 Å². The highest BCUT2D eigenvalue weighted by Crippen LogP contribution is 2.22. The van der Waals surface area contributed by atoms with Crippen molar-refractivity contribution >= 4 is 33.3 Å². The van der Waals surface area contributed by atoms with Crippen molar-refractivity contribution in [2.24, 2.45) is 0 Å². The quantitative estimate of drug-likeness (QED) is 0.771. The van der Waals surface area contributed by atoms with Crippen LogP contribution in [0.1, 0.15) is 5.01 Å². The van der Waals surface area contributed by atoms with Gasteiger partial charge in [-0.25, -0.2) is 9.97 Å². The number of thiazole rings is 1. The number of ether oxygens (including phenoxy) is 1. The van der Waals surface area contributed by atoms with Gasteiger partial charge in [0, 0.05) is 13.3 Å². The molecule has 0 N–H and O–H groups in total. The van der Waals surface area contributed by atoms with Gasteiger partial charge in [0.05, 0.1) is 11.6 Å². The molecule has 2 aromatic rings. The van der Waals surface area contributed by atoms with Gasteiger partial charge in [0.2, 0.25) is 0 Å². The predicted molar refractivity (Wildman–Crippen MR) is 53.1 cm³/mol. The first-order valence-electron chi connectivity index (χ1n) is 3.69. The molecule has 13 heavy (non-hydrogen) atoms. The van der Waals surface area contributed by atoms with Crippen molar-refractivity contribution in [2.75, 3.05) is 7.11 Å². The van der Waals surface area contributed by atoms with Crippen molar-refractivity contribution in [1.29, 1.82) is 0 Å². The first-order chi connectivity index (χ1) is 6.29. The molecule has 0 atom stereocenters. The summed E-state index contributed by atoms with van der Waals surface area (Å²) in [5, 5.41) is 1.54. The van der Waals surface area contributed by atoms with Crippen LogP contribution in [0, 0.1) is 0 Å².